The van der Waals surface area contributed by atoms with Gasteiger partial charge in [-0.2, -0.15) is 0 Å². The molecular weight excluding hydrogens is 168 g/mol. The molecule has 72 valence electrons. The molecular formula is C10H14O3. The average molecular weight is 182 g/mol. The van der Waals surface area contributed by atoms with Crippen molar-refractivity contribution in [3.05, 3.63) is 23.3 Å². The van der Waals surface area contributed by atoms with Gasteiger partial charge in [-0.25, -0.2) is 0 Å². The van der Waals surface area contributed by atoms with Gasteiger partial charge in [-0.05, 0) is 24.6 Å². The molecule has 0 aromatic heterocycles. The van der Waals surface area contributed by atoms with E-state index >= 15 is 0 Å². The van der Waals surface area contributed by atoms with Gasteiger partial charge in [0.25, 0.3) is 0 Å². The number of rotatable bonds is 3. The van der Waals surface area contributed by atoms with E-state index in [0.717, 1.165) is 11.1 Å². The molecule has 1 rings (SSSR count). The van der Waals surface area contributed by atoms with Crippen LogP contribution in [0, 0.1) is 6.92 Å². The second kappa shape index (κ2) is 4.14. The third-order valence-corrected chi connectivity index (χ3v) is 1.87. The molecule has 13 heavy (non-hydrogen) atoms. The fraction of sp³-hybridized carbons (Fsp3) is 0.400. The summed E-state index contributed by atoms with van der Waals surface area (Å²) in [6, 6.07) is 3.75. The van der Waals surface area contributed by atoms with Crippen molar-refractivity contribution in [1.82, 2.24) is 0 Å². The fourth-order valence-electron chi connectivity index (χ4n) is 1.31. The summed E-state index contributed by atoms with van der Waals surface area (Å²) < 4.78 is 10.3. The quantitative estimate of drug-likeness (QED) is 0.770. The molecule has 1 aromatic rings. The SMILES string of the molecule is COc1cc(C)cc(CO)c1OC. The van der Waals surface area contributed by atoms with Crippen molar-refractivity contribution in [3.8, 4) is 11.5 Å². The molecule has 0 radical (unpaired) electrons. The first-order valence-corrected chi connectivity index (χ1v) is 4.05. The van der Waals surface area contributed by atoms with Crippen LogP contribution in [0.25, 0.3) is 0 Å². The zero-order valence-electron chi connectivity index (χ0n) is 8.13. The van der Waals surface area contributed by atoms with Crippen LogP contribution in [0.2, 0.25) is 0 Å². The van der Waals surface area contributed by atoms with Crippen LogP contribution in [-0.2, 0) is 6.61 Å². The Morgan fingerprint density at radius 2 is 1.92 bits per heavy atom. The molecule has 0 fully saturated rings. The van der Waals surface area contributed by atoms with Crippen LogP contribution in [-0.4, -0.2) is 19.3 Å². The largest absolute Gasteiger partial charge is 0.493 e. The lowest BCUT2D eigenvalue weighted by Crippen LogP contribution is -1.96. The number of methoxy groups -OCH3 is 2. The highest BCUT2D eigenvalue weighted by molar-refractivity contribution is 5.48. The molecule has 0 spiro atoms. The number of hydrogen-bond donors (Lipinski definition) is 1. The topological polar surface area (TPSA) is 38.7 Å². The van der Waals surface area contributed by atoms with Gasteiger partial charge >= 0.3 is 0 Å². The van der Waals surface area contributed by atoms with Gasteiger partial charge in [0.1, 0.15) is 0 Å². The molecule has 0 aliphatic heterocycles. The standard InChI is InChI=1S/C10H14O3/c1-7-4-8(6-11)10(13-3)9(5-7)12-2/h4-5,11H,6H2,1-3H3. The van der Waals surface area contributed by atoms with Gasteiger partial charge in [-0.3, -0.25) is 0 Å². The first-order valence-electron chi connectivity index (χ1n) is 4.05. The summed E-state index contributed by atoms with van der Waals surface area (Å²) in [6.07, 6.45) is 0. The zero-order chi connectivity index (χ0) is 9.84. The third-order valence-electron chi connectivity index (χ3n) is 1.87. The van der Waals surface area contributed by atoms with Crippen LogP contribution in [0.1, 0.15) is 11.1 Å². The lowest BCUT2D eigenvalue weighted by atomic mass is 10.1. The molecule has 0 unspecified atom stereocenters. The molecule has 0 aliphatic rings. The van der Waals surface area contributed by atoms with E-state index in [1.807, 2.05) is 19.1 Å². The van der Waals surface area contributed by atoms with Crippen molar-refractivity contribution < 1.29 is 14.6 Å². The molecule has 3 heteroatoms. The van der Waals surface area contributed by atoms with Crippen molar-refractivity contribution in [3.63, 3.8) is 0 Å². The zero-order valence-corrected chi connectivity index (χ0v) is 8.13. The van der Waals surface area contributed by atoms with E-state index in [9.17, 15) is 0 Å². The monoisotopic (exact) mass is 182 g/mol. The lowest BCUT2D eigenvalue weighted by molar-refractivity contribution is 0.269. The van der Waals surface area contributed by atoms with E-state index in [0.29, 0.717) is 11.5 Å². The molecule has 0 aliphatic carbocycles. The van der Waals surface area contributed by atoms with Crippen molar-refractivity contribution >= 4 is 0 Å². The maximum Gasteiger partial charge on any atom is 0.166 e. The van der Waals surface area contributed by atoms with Gasteiger partial charge in [0.05, 0.1) is 20.8 Å². The Morgan fingerprint density at radius 3 is 2.38 bits per heavy atom. The van der Waals surface area contributed by atoms with Crippen LogP contribution in [0.3, 0.4) is 0 Å². The molecule has 3 nitrogen and oxygen atoms in total. The van der Waals surface area contributed by atoms with Gasteiger partial charge in [-0.1, -0.05) is 0 Å². The van der Waals surface area contributed by atoms with Gasteiger partial charge in [0.2, 0.25) is 0 Å². The summed E-state index contributed by atoms with van der Waals surface area (Å²) >= 11 is 0. The molecule has 0 amide bonds. The summed E-state index contributed by atoms with van der Waals surface area (Å²) in [7, 11) is 3.14. The number of aliphatic hydroxyl groups is 1. The Labute approximate surface area is 77.9 Å². The van der Waals surface area contributed by atoms with Crippen molar-refractivity contribution in [1.29, 1.82) is 0 Å². The van der Waals surface area contributed by atoms with Crippen LogP contribution >= 0.6 is 0 Å². The van der Waals surface area contributed by atoms with Gasteiger partial charge in [0.15, 0.2) is 11.5 Å². The molecule has 0 atom stereocenters. The maximum absolute atomic E-state index is 9.06. The van der Waals surface area contributed by atoms with E-state index < -0.39 is 0 Å². The second-order valence-corrected chi connectivity index (χ2v) is 2.82. The second-order valence-electron chi connectivity index (χ2n) is 2.82. The number of ether oxygens (including phenoxy) is 2. The highest BCUT2D eigenvalue weighted by atomic mass is 16.5. The third kappa shape index (κ3) is 1.92. The van der Waals surface area contributed by atoms with Gasteiger partial charge in [-0.15, -0.1) is 0 Å². The predicted octanol–water partition coefficient (Wildman–Crippen LogP) is 1.50. The summed E-state index contributed by atoms with van der Waals surface area (Å²) in [5.74, 6) is 1.27. The molecule has 0 heterocycles. The van der Waals surface area contributed by atoms with E-state index in [2.05, 4.69) is 0 Å². The predicted molar refractivity (Wildman–Crippen MR) is 50.2 cm³/mol. The van der Waals surface area contributed by atoms with E-state index in [-0.39, 0.29) is 6.61 Å². The van der Waals surface area contributed by atoms with Crippen LogP contribution in [0.15, 0.2) is 12.1 Å². The number of aryl methyl sites for hydroxylation is 1. The normalized spacial score (nSPS) is 9.85. The summed E-state index contributed by atoms with van der Waals surface area (Å²) in [5, 5.41) is 9.06. The van der Waals surface area contributed by atoms with Gasteiger partial charge < -0.3 is 14.6 Å². The average Bonchev–Trinajstić information content (AvgIpc) is 2.16. The summed E-state index contributed by atoms with van der Waals surface area (Å²) in [6.45, 7) is 1.91. The van der Waals surface area contributed by atoms with Crippen LogP contribution in [0.5, 0.6) is 11.5 Å². The van der Waals surface area contributed by atoms with Crippen molar-refractivity contribution in [2.24, 2.45) is 0 Å². The Hall–Kier alpha value is -1.22. The smallest absolute Gasteiger partial charge is 0.166 e. The Kier molecular flexibility index (Phi) is 3.14. The molecule has 0 saturated carbocycles. The fourth-order valence-corrected chi connectivity index (χ4v) is 1.31. The lowest BCUT2D eigenvalue weighted by Gasteiger charge is -2.12. The number of benzene rings is 1. The summed E-state index contributed by atoms with van der Waals surface area (Å²) in [4.78, 5) is 0. The highest BCUT2D eigenvalue weighted by Gasteiger charge is 2.09. The molecule has 1 N–H and O–H groups in total. The molecule has 0 saturated heterocycles. The van der Waals surface area contributed by atoms with E-state index in [4.69, 9.17) is 14.6 Å². The minimum atomic E-state index is -0.0405. The maximum atomic E-state index is 9.06. The Morgan fingerprint density at radius 1 is 1.23 bits per heavy atom. The molecule has 0 bridgehead atoms. The number of aliphatic hydroxyl groups excluding tert-OH is 1. The Bertz CT molecular complexity index is 269. The first-order chi connectivity index (χ1) is 6.22. The van der Waals surface area contributed by atoms with Crippen LogP contribution < -0.4 is 9.47 Å². The highest BCUT2D eigenvalue weighted by Crippen LogP contribution is 2.32. The minimum Gasteiger partial charge on any atom is -0.493 e. The minimum absolute atomic E-state index is 0.0405. The van der Waals surface area contributed by atoms with Gasteiger partial charge in [0, 0.05) is 5.56 Å². The van der Waals surface area contributed by atoms with E-state index in [1.165, 1.54) is 0 Å². The summed E-state index contributed by atoms with van der Waals surface area (Å²) in [5.41, 5.74) is 1.79. The van der Waals surface area contributed by atoms with Crippen LogP contribution in [0.4, 0.5) is 0 Å². The molecule has 1 aromatic carbocycles. The van der Waals surface area contributed by atoms with E-state index in [1.54, 1.807) is 14.2 Å². The van der Waals surface area contributed by atoms with Crippen molar-refractivity contribution in [2.45, 2.75) is 13.5 Å². The Balaban J connectivity index is 3.25. The van der Waals surface area contributed by atoms with Crippen molar-refractivity contribution in [2.75, 3.05) is 14.2 Å². The first kappa shape index (κ1) is 9.86. The number of hydrogen-bond acceptors (Lipinski definition) is 3.